The minimum Gasteiger partial charge on any atom is -0.345 e. The van der Waals surface area contributed by atoms with Gasteiger partial charge in [0.05, 0.1) is 18.0 Å². The quantitative estimate of drug-likeness (QED) is 0.372. The van der Waals surface area contributed by atoms with Gasteiger partial charge in [0.1, 0.15) is 17.4 Å². The Hall–Kier alpha value is -3.75. The number of halogens is 1. The van der Waals surface area contributed by atoms with Crippen LogP contribution in [0.4, 0.5) is 4.39 Å². The number of benzene rings is 2. The Morgan fingerprint density at radius 3 is 2.63 bits per heavy atom. The summed E-state index contributed by atoms with van der Waals surface area (Å²) in [7, 11) is 0. The molecule has 2 heterocycles. The molecule has 3 aromatic rings. The molecule has 1 aromatic heterocycles. The van der Waals surface area contributed by atoms with E-state index in [-0.39, 0.29) is 36.2 Å². The Morgan fingerprint density at radius 2 is 1.89 bits per heavy atom. The van der Waals surface area contributed by atoms with Gasteiger partial charge < -0.3 is 20.5 Å². The van der Waals surface area contributed by atoms with Crippen LogP contribution in [0.25, 0.3) is 11.0 Å². The smallest absolute Gasteiger partial charge is 0.243 e. The molecule has 2 unspecified atom stereocenters. The zero-order valence-electron chi connectivity index (χ0n) is 22.0. The van der Waals surface area contributed by atoms with Gasteiger partial charge >= 0.3 is 0 Å². The van der Waals surface area contributed by atoms with Crippen molar-refractivity contribution >= 4 is 28.8 Å². The van der Waals surface area contributed by atoms with Gasteiger partial charge in [0.2, 0.25) is 17.7 Å². The summed E-state index contributed by atoms with van der Waals surface area (Å²) in [6, 6.07) is 12.8. The Kier molecular flexibility index (Phi) is 9.10. The van der Waals surface area contributed by atoms with Gasteiger partial charge in [0.15, 0.2) is 5.82 Å². The van der Waals surface area contributed by atoms with Crippen LogP contribution in [-0.2, 0) is 20.8 Å². The SMILES string of the molecule is CCC1CCCCN1C(=O)CC(NC(=O)CCc1ccccc1)C(=O)N[C@@H](C)c1nc2c(F)cccc2[nH]1. The number of aromatic amines is 1. The molecule has 9 heteroatoms. The number of H-pyrrole nitrogens is 1. The van der Waals surface area contributed by atoms with Gasteiger partial charge in [-0.05, 0) is 56.7 Å². The second-order valence-electron chi connectivity index (χ2n) is 9.94. The van der Waals surface area contributed by atoms with Crippen LogP contribution in [0.1, 0.15) is 69.8 Å². The van der Waals surface area contributed by atoms with E-state index < -0.39 is 23.8 Å². The van der Waals surface area contributed by atoms with Gasteiger partial charge in [-0.3, -0.25) is 14.4 Å². The van der Waals surface area contributed by atoms with Crippen LogP contribution in [0.15, 0.2) is 48.5 Å². The third kappa shape index (κ3) is 6.76. The molecule has 0 spiro atoms. The first-order valence-electron chi connectivity index (χ1n) is 13.4. The number of piperidine rings is 1. The maximum atomic E-state index is 14.1. The van der Waals surface area contributed by atoms with Crippen LogP contribution in [0.3, 0.4) is 0 Å². The molecule has 1 aliphatic rings. The molecule has 0 bridgehead atoms. The van der Waals surface area contributed by atoms with E-state index in [9.17, 15) is 18.8 Å². The number of hydrogen-bond acceptors (Lipinski definition) is 4. The number of rotatable bonds is 10. The van der Waals surface area contributed by atoms with E-state index in [1.165, 1.54) is 6.07 Å². The summed E-state index contributed by atoms with van der Waals surface area (Å²) in [5, 5.41) is 5.64. The highest BCUT2D eigenvalue weighted by Crippen LogP contribution is 2.22. The van der Waals surface area contributed by atoms with Gasteiger partial charge in [-0.2, -0.15) is 0 Å². The van der Waals surface area contributed by atoms with Crippen molar-refractivity contribution in [2.24, 2.45) is 0 Å². The minimum atomic E-state index is -1.03. The van der Waals surface area contributed by atoms with Crippen molar-refractivity contribution in [3.05, 3.63) is 65.7 Å². The van der Waals surface area contributed by atoms with E-state index in [1.54, 1.807) is 19.1 Å². The highest BCUT2D eigenvalue weighted by molar-refractivity contribution is 5.92. The number of carbonyl (C=O) groups is 3. The molecular formula is C29H36FN5O3. The summed E-state index contributed by atoms with van der Waals surface area (Å²) < 4.78 is 14.1. The van der Waals surface area contributed by atoms with E-state index in [0.29, 0.717) is 24.3 Å². The maximum absolute atomic E-state index is 14.1. The Balaban J connectivity index is 1.46. The number of imidazole rings is 1. The van der Waals surface area contributed by atoms with Crippen LogP contribution in [-0.4, -0.2) is 51.2 Å². The van der Waals surface area contributed by atoms with E-state index in [1.807, 2.05) is 35.2 Å². The molecule has 202 valence electrons. The fraction of sp³-hybridized carbons (Fsp3) is 0.448. The topological polar surface area (TPSA) is 107 Å². The Bertz CT molecular complexity index is 1260. The van der Waals surface area contributed by atoms with Crippen molar-refractivity contribution in [1.29, 1.82) is 0 Å². The lowest BCUT2D eigenvalue weighted by atomic mass is 9.98. The van der Waals surface area contributed by atoms with Crippen LogP contribution in [0.2, 0.25) is 0 Å². The summed E-state index contributed by atoms with van der Waals surface area (Å²) in [6.45, 7) is 4.44. The number of aromatic nitrogens is 2. The van der Waals surface area contributed by atoms with Crippen molar-refractivity contribution in [2.45, 2.75) is 76.9 Å². The first-order chi connectivity index (χ1) is 18.4. The van der Waals surface area contributed by atoms with Crippen molar-refractivity contribution in [3.63, 3.8) is 0 Å². The fourth-order valence-electron chi connectivity index (χ4n) is 5.03. The van der Waals surface area contributed by atoms with Crippen LogP contribution in [0, 0.1) is 5.82 Å². The number of carbonyl (C=O) groups excluding carboxylic acids is 3. The maximum Gasteiger partial charge on any atom is 0.243 e. The van der Waals surface area contributed by atoms with Crippen molar-refractivity contribution in [2.75, 3.05) is 6.54 Å². The Morgan fingerprint density at radius 1 is 1.11 bits per heavy atom. The number of fused-ring (bicyclic) bond motifs is 1. The van der Waals surface area contributed by atoms with Gasteiger partial charge in [-0.1, -0.05) is 43.3 Å². The molecule has 1 aliphatic heterocycles. The molecule has 0 radical (unpaired) electrons. The van der Waals surface area contributed by atoms with Gasteiger partial charge in [0.25, 0.3) is 0 Å². The van der Waals surface area contributed by atoms with E-state index in [0.717, 1.165) is 31.2 Å². The number of nitrogens with zero attached hydrogens (tertiary/aromatic N) is 2. The van der Waals surface area contributed by atoms with E-state index in [4.69, 9.17) is 0 Å². The van der Waals surface area contributed by atoms with E-state index in [2.05, 4.69) is 27.5 Å². The number of nitrogens with one attached hydrogen (secondary N) is 3. The molecule has 0 aliphatic carbocycles. The van der Waals surface area contributed by atoms with Crippen LogP contribution < -0.4 is 10.6 Å². The Labute approximate surface area is 222 Å². The summed E-state index contributed by atoms with van der Waals surface area (Å²) in [4.78, 5) is 48.7. The van der Waals surface area contributed by atoms with Crippen molar-refractivity contribution < 1.29 is 18.8 Å². The normalized spacial score (nSPS) is 17.1. The second kappa shape index (κ2) is 12.7. The number of likely N-dealkylation sites (tertiary alicyclic amines) is 1. The third-order valence-corrected chi connectivity index (χ3v) is 7.18. The molecule has 1 saturated heterocycles. The second-order valence-corrected chi connectivity index (χ2v) is 9.94. The molecule has 0 saturated carbocycles. The highest BCUT2D eigenvalue weighted by Gasteiger charge is 2.31. The predicted octanol–water partition coefficient (Wildman–Crippen LogP) is 4.18. The molecule has 8 nitrogen and oxygen atoms in total. The highest BCUT2D eigenvalue weighted by atomic mass is 19.1. The van der Waals surface area contributed by atoms with Crippen molar-refractivity contribution in [3.8, 4) is 0 Å². The number of amides is 3. The largest absolute Gasteiger partial charge is 0.345 e. The lowest BCUT2D eigenvalue weighted by Crippen LogP contribution is -2.52. The van der Waals surface area contributed by atoms with Gasteiger partial charge in [0, 0.05) is 19.0 Å². The first-order valence-corrected chi connectivity index (χ1v) is 13.4. The summed E-state index contributed by atoms with van der Waals surface area (Å²) in [5.41, 5.74) is 1.74. The van der Waals surface area contributed by atoms with Crippen molar-refractivity contribution in [1.82, 2.24) is 25.5 Å². The molecule has 3 N–H and O–H groups in total. The lowest BCUT2D eigenvalue weighted by molar-refractivity contribution is -0.139. The molecule has 3 amide bonds. The van der Waals surface area contributed by atoms with Crippen LogP contribution in [0.5, 0.6) is 0 Å². The number of para-hydroxylation sites is 1. The zero-order valence-corrected chi connectivity index (χ0v) is 22.0. The van der Waals surface area contributed by atoms with Gasteiger partial charge in [-0.25, -0.2) is 9.37 Å². The average molecular weight is 522 g/mol. The predicted molar refractivity (Wildman–Crippen MR) is 144 cm³/mol. The molecule has 38 heavy (non-hydrogen) atoms. The molecule has 3 atom stereocenters. The standard InChI is InChI=1S/C29H36FN5O3/c1-3-21-12-7-8-17-35(21)26(37)18-24(32-25(36)16-15-20-10-5-4-6-11-20)29(38)31-19(2)28-33-23-14-9-13-22(30)27(23)34-28/h4-6,9-11,13-14,19,21,24H,3,7-8,12,15-18H2,1-2H3,(H,31,38)(H,32,36)(H,33,34)/t19-,21?,24?/m0/s1. The number of hydrogen-bond donors (Lipinski definition) is 3. The molecule has 1 fully saturated rings. The molecule has 2 aromatic carbocycles. The zero-order chi connectivity index (χ0) is 27.1. The summed E-state index contributed by atoms with van der Waals surface area (Å²) >= 11 is 0. The van der Waals surface area contributed by atoms with Crippen LogP contribution >= 0.6 is 0 Å². The average Bonchev–Trinajstić information content (AvgIpc) is 3.38. The third-order valence-electron chi connectivity index (χ3n) is 7.18. The number of aryl methyl sites for hydroxylation is 1. The fourth-order valence-corrected chi connectivity index (χ4v) is 5.03. The lowest BCUT2D eigenvalue weighted by Gasteiger charge is -2.36. The monoisotopic (exact) mass is 521 g/mol. The van der Waals surface area contributed by atoms with E-state index >= 15 is 0 Å². The summed E-state index contributed by atoms with van der Waals surface area (Å²) in [6.07, 6.45) is 4.41. The van der Waals surface area contributed by atoms with Gasteiger partial charge in [-0.15, -0.1) is 0 Å². The first kappa shape index (κ1) is 27.3. The minimum absolute atomic E-state index is 0.124. The summed E-state index contributed by atoms with van der Waals surface area (Å²) in [5.74, 6) is -0.986. The molecule has 4 rings (SSSR count). The molecular weight excluding hydrogens is 485 g/mol.